The Morgan fingerprint density at radius 1 is 1.36 bits per heavy atom. The van der Waals surface area contributed by atoms with Crippen molar-refractivity contribution >= 4 is 0 Å². The molecule has 0 aliphatic heterocycles. The number of ether oxygens (including phenoxy) is 1. The fraction of sp³-hybridized carbons (Fsp3) is 1.00. The first-order chi connectivity index (χ1) is 4.83. The average molecular weight is 171 g/mol. The summed E-state index contributed by atoms with van der Waals surface area (Å²) in [7, 11) is 0. The van der Waals surface area contributed by atoms with Crippen LogP contribution in [0.4, 0.5) is 13.2 Å². The molecule has 0 fully saturated rings. The minimum absolute atomic E-state index is 0.136. The fourth-order valence-electron chi connectivity index (χ4n) is 0.538. The van der Waals surface area contributed by atoms with Crippen LogP contribution in [0.25, 0.3) is 0 Å². The molecule has 0 saturated heterocycles. The van der Waals surface area contributed by atoms with E-state index in [1.807, 2.05) is 0 Å². The van der Waals surface area contributed by atoms with Gasteiger partial charge in [0.25, 0.3) is 0 Å². The van der Waals surface area contributed by atoms with Gasteiger partial charge in [0.05, 0.1) is 5.60 Å². The van der Waals surface area contributed by atoms with E-state index in [0.717, 1.165) is 0 Å². The predicted octanol–water partition coefficient (Wildman–Crippen LogP) is 1.65. The van der Waals surface area contributed by atoms with Gasteiger partial charge in [-0.25, -0.2) is 0 Å². The molecule has 0 amide bonds. The van der Waals surface area contributed by atoms with Crippen molar-refractivity contribution in [1.82, 2.24) is 0 Å². The summed E-state index contributed by atoms with van der Waals surface area (Å²) in [6.45, 7) is 2.79. The molecule has 1 atom stereocenters. The van der Waals surface area contributed by atoms with Crippen LogP contribution in [0.5, 0.6) is 0 Å². The molecule has 0 radical (unpaired) electrons. The van der Waals surface area contributed by atoms with Gasteiger partial charge in [0.15, 0.2) is 0 Å². The molecule has 0 spiro atoms. The summed E-state index contributed by atoms with van der Waals surface area (Å²) in [6, 6.07) is 0. The van der Waals surface area contributed by atoms with Crippen molar-refractivity contribution in [2.75, 3.05) is 6.54 Å². The molecule has 0 heterocycles. The standard InChI is InChI=1S/C6H12F3NO/c1-3-5(2,4-10)11-6(7,8)9/h3-4,10H2,1-2H3. The van der Waals surface area contributed by atoms with Gasteiger partial charge in [0, 0.05) is 6.54 Å². The highest BCUT2D eigenvalue weighted by Gasteiger charge is 2.38. The highest BCUT2D eigenvalue weighted by atomic mass is 19.4. The Morgan fingerprint density at radius 2 is 1.82 bits per heavy atom. The summed E-state index contributed by atoms with van der Waals surface area (Å²) in [5, 5.41) is 0. The molecule has 0 aromatic rings. The first kappa shape index (κ1) is 10.7. The van der Waals surface area contributed by atoms with Gasteiger partial charge >= 0.3 is 6.36 Å². The van der Waals surface area contributed by atoms with Crippen molar-refractivity contribution in [3.63, 3.8) is 0 Å². The molecule has 1 unspecified atom stereocenters. The van der Waals surface area contributed by atoms with E-state index < -0.39 is 12.0 Å². The summed E-state index contributed by atoms with van der Waals surface area (Å²) in [5.41, 5.74) is 3.82. The largest absolute Gasteiger partial charge is 0.523 e. The maximum atomic E-state index is 11.6. The van der Waals surface area contributed by atoms with E-state index in [1.165, 1.54) is 6.92 Å². The molecular formula is C6H12F3NO. The monoisotopic (exact) mass is 171 g/mol. The Labute approximate surface area is 63.5 Å². The second-order valence-corrected chi connectivity index (χ2v) is 2.56. The van der Waals surface area contributed by atoms with E-state index in [1.54, 1.807) is 6.92 Å². The SMILES string of the molecule is CCC(C)(CN)OC(F)(F)F. The average Bonchev–Trinajstić information content (AvgIpc) is 1.84. The minimum atomic E-state index is -4.59. The molecule has 0 bridgehead atoms. The minimum Gasteiger partial charge on any atom is -0.328 e. The van der Waals surface area contributed by atoms with Gasteiger partial charge in [-0.3, -0.25) is 4.74 Å². The summed E-state index contributed by atoms with van der Waals surface area (Å²) < 4.78 is 38.7. The quantitative estimate of drug-likeness (QED) is 0.700. The first-order valence-corrected chi connectivity index (χ1v) is 3.30. The van der Waals surface area contributed by atoms with E-state index in [2.05, 4.69) is 4.74 Å². The zero-order chi connectivity index (χ0) is 9.12. The van der Waals surface area contributed by atoms with Crippen LogP contribution in [-0.4, -0.2) is 18.5 Å². The first-order valence-electron chi connectivity index (χ1n) is 3.30. The summed E-state index contributed by atoms with van der Waals surface area (Å²) >= 11 is 0. The second-order valence-electron chi connectivity index (χ2n) is 2.56. The Balaban J connectivity index is 4.08. The molecule has 0 saturated carbocycles. The van der Waals surface area contributed by atoms with E-state index in [4.69, 9.17) is 5.73 Å². The summed E-state index contributed by atoms with van der Waals surface area (Å²) in [5.74, 6) is 0. The molecule has 0 aromatic heterocycles. The molecule has 0 aliphatic carbocycles. The van der Waals surface area contributed by atoms with Crippen molar-refractivity contribution in [2.45, 2.75) is 32.2 Å². The predicted molar refractivity (Wildman–Crippen MR) is 34.9 cm³/mol. The summed E-state index contributed by atoms with van der Waals surface area (Å²) in [6.07, 6.45) is -4.35. The number of hydrogen-bond donors (Lipinski definition) is 1. The molecule has 68 valence electrons. The van der Waals surface area contributed by atoms with E-state index in [0.29, 0.717) is 0 Å². The molecule has 0 aliphatic rings. The van der Waals surface area contributed by atoms with Crippen molar-refractivity contribution in [1.29, 1.82) is 0 Å². The lowest BCUT2D eigenvalue weighted by molar-refractivity contribution is -0.362. The second kappa shape index (κ2) is 3.40. The third-order valence-corrected chi connectivity index (χ3v) is 1.54. The number of halogens is 3. The van der Waals surface area contributed by atoms with Crippen LogP contribution >= 0.6 is 0 Å². The maximum absolute atomic E-state index is 11.6. The van der Waals surface area contributed by atoms with Crippen LogP contribution in [0.3, 0.4) is 0 Å². The topological polar surface area (TPSA) is 35.2 Å². The van der Waals surface area contributed by atoms with Gasteiger partial charge in [-0.15, -0.1) is 13.2 Å². The van der Waals surface area contributed by atoms with Gasteiger partial charge in [-0.1, -0.05) is 6.92 Å². The van der Waals surface area contributed by atoms with Crippen LogP contribution in [0, 0.1) is 0 Å². The number of nitrogens with two attached hydrogens (primary N) is 1. The van der Waals surface area contributed by atoms with E-state index >= 15 is 0 Å². The molecule has 11 heavy (non-hydrogen) atoms. The van der Waals surface area contributed by atoms with Crippen molar-refractivity contribution < 1.29 is 17.9 Å². The normalized spacial score (nSPS) is 18.0. The zero-order valence-corrected chi connectivity index (χ0v) is 6.53. The van der Waals surface area contributed by atoms with Gasteiger partial charge < -0.3 is 5.73 Å². The highest BCUT2D eigenvalue weighted by molar-refractivity contribution is 4.74. The molecule has 5 heteroatoms. The van der Waals surface area contributed by atoms with Crippen molar-refractivity contribution in [3.8, 4) is 0 Å². The van der Waals surface area contributed by atoms with Crippen LogP contribution in [0.15, 0.2) is 0 Å². The Kier molecular flexibility index (Phi) is 3.31. The van der Waals surface area contributed by atoms with Crippen LogP contribution < -0.4 is 5.73 Å². The Hall–Kier alpha value is -0.290. The molecule has 2 nitrogen and oxygen atoms in total. The summed E-state index contributed by atoms with van der Waals surface area (Å²) in [4.78, 5) is 0. The van der Waals surface area contributed by atoms with Crippen LogP contribution in [-0.2, 0) is 4.74 Å². The van der Waals surface area contributed by atoms with Crippen molar-refractivity contribution in [3.05, 3.63) is 0 Å². The highest BCUT2D eigenvalue weighted by Crippen LogP contribution is 2.26. The molecular weight excluding hydrogens is 159 g/mol. The Bertz CT molecular complexity index is 119. The third-order valence-electron chi connectivity index (χ3n) is 1.54. The Morgan fingerprint density at radius 3 is 1.91 bits per heavy atom. The number of rotatable bonds is 3. The van der Waals surface area contributed by atoms with Gasteiger partial charge in [0.2, 0.25) is 0 Å². The van der Waals surface area contributed by atoms with Crippen LogP contribution in [0.2, 0.25) is 0 Å². The number of hydrogen-bond acceptors (Lipinski definition) is 2. The van der Waals surface area contributed by atoms with Crippen LogP contribution in [0.1, 0.15) is 20.3 Å². The maximum Gasteiger partial charge on any atom is 0.523 e. The lowest BCUT2D eigenvalue weighted by Gasteiger charge is -2.27. The van der Waals surface area contributed by atoms with Gasteiger partial charge in [0.1, 0.15) is 0 Å². The van der Waals surface area contributed by atoms with Gasteiger partial charge in [-0.05, 0) is 13.3 Å². The smallest absolute Gasteiger partial charge is 0.328 e. The zero-order valence-electron chi connectivity index (χ0n) is 6.53. The van der Waals surface area contributed by atoms with Gasteiger partial charge in [-0.2, -0.15) is 0 Å². The molecule has 0 rings (SSSR count). The lowest BCUT2D eigenvalue weighted by Crippen LogP contribution is -2.41. The number of alkyl halides is 3. The molecule has 0 aromatic carbocycles. The molecule has 2 N–H and O–H groups in total. The van der Waals surface area contributed by atoms with E-state index in [-0.39, 0.29) is 13.0 Å². The lowest BCUT2D eigenvalue weighted by atomic mass is 10.0. The third kappa shape index (κ3) is 4.21. The van der Waals surface area contributed by atoms with Crippen molar-refractivity contribution in [2.24, 2.45) is 5.73 Å². The van der Waals surface area contributed by atoms with E-state index in [9.17, 15) is 13.2 Å². The fourth-order valence-corrected chi connectivity index (χ4v) is 0.538.